The van der Waals surface area contributed by atoms with Gasteiger partial charge in [-0.3, -0.25) is 0 Å². The molecule has 1 fully saturated rings. The molecule has 0 aromatic rings. The van der Waals surface area contributed by atoms with Crippen LogP contribution in [0.3, 0.4) is 0 Å². The Labute approximate surface area is 80.9 Å². The molecule has 0 aromatic heterocycles. The largest absolute Gasteiger partial charge is 0.396 e. The Kier molecular flexibility index (Phi) is 4.16. The van der Waals surface area contributed by atoms with Gasteiger partial charge in [-0.05, 0) is 50.9 Å². The van der Waals surface area contributed by atoms with Gasteiger partial charge in [0.25, 0.3) is 0 Å². The van der Waals surface area contributed by atoms with E-state index in [1.807, 2.05) is 0 Å². The van der Waals surface area contributed by atoms with Crippen molar-refractivity contribution in [3.8, 4) is 0 Å². The zero-order valence-electron chi connectivity index (χ0n) is 8.63. The molecule has 1 saturated heterocycles. The van der Waals surface area contributed by atoms with Crippen molar-refractivity contribution in [3.63, 3.8) is 0 Å². The van der Waals surface area contributed by atoms with E-state index >= 15 is 0 Å². The highest BCUT2D eigenvalue weighted by molar-refractivity contribution is 4.86. The van der Waals surface area contributed by atoms with Crippen LogP contribution in [0.5, 0.6) is 0 Å². The van der Waals surface area contributed by atoms with Gasteiger partial charge < -0.3 is 15.7 Å². The molecule has 0 saturated carbocycles. The lowest BCUT2D eigenvalue weighted by atomic mass is 9.76. The molecule has 1 aliphatic heterocycles. The molecule has 1 heterocycles. The van der Waals surface area contributed by atoms with Gasteiger partial charge in [-0.15, -0.1) is 0 Å². The predicted octanol–water partition coefficient (Wildman–Crippen LogP) is 0.430. The van der Waals surface area contributed by atoms with Crippen molar-refractivity contribution in [1.29, 1.82) is 0 Å². The molecule has 1 rings (SSSR count). The first-order valence-corrected chi connectivity index (χ1v) is 5.29. The summed E-state index contributed by atoms with van der Waals surface area (Å²) in [5.41, 5.74) is 6.02. The number of piperidine rings is 1. The lowest BCUT2D eigenvalue weighted by Gasteiger charge is -2.40. The molecule has 3 nitrogen and oxygen atoms in total. The maximum atomic E-state index is 8.97. The number of hydrogen-bond donors (Lipinski definition) is 2. The molecule has 3 N–H and O–H groups in total. The first-order chi connectivity index (χ1) is 6.26. The van der Waals surface area contributed by atoms with Crippen LogP contribution in [-0.2, 0) is 0 Å². The van der Waals surface area contributed by atoms with Crippen LogP contribution in [0.15, 0.2) is 0 Å². The van der Waals surface area contributed by atoms with Gasteiger partial charge in [-0.25, -0.2) is 0 Å². The van der Waals surface area contributed by atoms with Crippen LogP contribution in [0.1, 0.15) is 26.2 Å². The van der Waals surface area contributed by atoms with E-state index in [4.69, 9.17) is 10.8 Å². The number of aliphatic hydroxyl groups excluding tert-OH is 1. The smallest absolute Gasteiger partial charge is 0.0436 e. The Morgan fingerprint density at radius 1 is 1.38 bits per heavy atom. The fourth-order valence-corrected chi connectivity index (χ4v) is 2.14. The molecule has 0 radical (unpaired) electrons. The predicted molar refractivity (Wildman–Crippen MR) is 54.5 cm³/mol. The molecule has 0 aliphatic carbocycles. The van der Waals surface area contributed by atoms with Crippen LogP contribution in [0.4, 0.5) is 0 Å². The van der Waals surface area contributed by atoms with Crippen LogP contribution in [-0.4, -0.2) is 42.8 Å². The normalized spacial score (nSPS) is 23.3. The van der Waals surface area contributed by atoms with Crippen molar-refractivity contribution in [3.05, 3.63) is 0 Å². The van der Waals surface area contributed by atoms with Gasteiger partial charge in [0.15, 0.2) is 0 Å². The maximum absolute atomic E-state index is 8.97. The molecule has 3 heteroatoms. The summed E-state index contributed by atoms with van der Waals surface area (Å²) in [6.45, 7) is 6.64. The third kappa shape index (κ3) is 2.66. The highest BCUT2D eigenvalue weighted by Crippen LogP contribution is 2.33. The number of likely N-dealkylation sites (tertiary alicyclic amines) is 1. The summed E-state index contributed by atoms with van der Waals surface area (Å²) in [4.78, 5) is 2.45. The van der Waals surface area contributed by atoms with E-state index in [2.05, 4.69) is 11.8 Å². The summed E-state index contributed by atoms with van der Waals surface area (Å²) >= 11 is 0. The monoisotopic (exact) mass is 186 g/mol. The minimum atomic E-state index is 0.237. The van der Waals surface area contributed by atoms with E-state index in [9.17, 15) is 0 Å². The Morgan fingerprint density at radius 3 is 2.38 bits per heavy atom. The second-order valence-electron chi connectivity index (χ2n) is 4.11. The molecular weight excluding hydrogens is 164 g/mol. The van der Waals surface area contributed by atoms with Crippen molar-refractivity contribution in [2.75, 3.05) is 32.8 Å². The molecule has 0 spiro atoms. The van der Waals surface area contributed by atoms with Gasteiger partial charge in [0.2, 0.25) is 0 Å². The van der Waals surface area contributed by atoms with E-state index in [0.29, 0.717) is 0 Å². The van der Waals surface area contributed by atoms with Crippen LogP contribution in [0.25, 0.3) is 0 Å². The van der Waals surface area contributed by atoms with Crippen molar-refractivity contribution in [2.24, 2.45) is 11.1 Å². The standard InChI is InChI=1S/C10H22N2O/c1-2-12-6-3-10(9-11,4-7-12)5-8-13/h13H,2-9,11H2,1H3. The van der Waals surface area contributed by atoms with E-state index in [1.54, 1.807) is 0 Å². The fourth-order valence-electron chi connectivity index (χ4n) is 2.14. The number of aliphatic hydroxyl groups is 1. The fraction of sp³-hybridized carbons (Fsp3) is 1.00. The first-order valence-electron chi connectivity index (χ1n) is 5.29. The summed E-state index contributed by atoms with van der Waals surface area (Å²) in [6.07, 6.45) is 3.18. The quantitative estimate of drug-likeness (QED) is 0.669. The number of rotatable bonds is 4. The van der Waals surface area contributed by atoms with E-state index < -0.39 is 0 Å². The van der Waals surface area contributed by atoms with Gasteiger partial charge in [-0.2, -0.15) is 0 Å². The number of hydrogen-bond acceptors (Lipinski definition) is 3. The summed E-state index contributed by atoms with van der Waals surface area (Å²) in [5.74, 6) is 0. The van der Waals surface area contributed by atoms with Gasteiger partial charge in [-0.1, -0.05) is 6.92 Å². The van der Waals surface area contributed by atoms with Gasteiger partial charge in [0.1, 0.15) is 0 Å². The highest BCUT2D eigenvalue weighted by Gasteiger charge is 2.32. The number of nitrogens with zero attached hydrogens (tertiary/aromatic N) is 1. The molecular formula is C10H22N2O. The zero-order chi connectivity index (χ0) is 9.73. The molecule has 0 amide bonds. The molecule has 0 atom stereocenters. The van der Waals surface area contributed by atoms with Crippen molar-refractivity contribution >= 4 is 0 Å². The lowest BCUT2D eigenvalue weighted by molar-refractivity contribution is 0.0853. The minimum Gasteiger partial charge on any atom is -0.396 e. The van der Waals surface area contributed by atoms with Crippen molar-refractivity contribution in [2.45, 2.75) is 26.2 Å². The Hall–Kier alpha value is -0.120. The molecule has 13 heavy (non-hydrogen) atoms. The van der Waals surface area contributed by atoms with E-state index in [0.717, 1.165) is 45.4 Å². The second-order valence-corrected chi connectivity index (χ2v) is 4.11. The molecule has 0 unspecified atom stereocenters. The molecule has 0 bridgehead atoms. The van der Waals surface area contributed by atoms with E-state index in [-0.39, 0.29) is 12.0 Å². The summed E-state index contributed by atoms with van der Waals surface area (Å²) in [5, 5.41) is 8.97. The maximum Gasteiger partial charge on any atom is 0.0436 e. The van der Waals surface area contributed by atoms with Crippen LogP contribution in [0, 0.1) is 5.41 Å². The topological polar surface area (TPSA) is 49.5 Å². The molecule has 78 valence electrons. The average molecular weight is 186 g/mol. The van der Waals surface area contributed by atoms with Gasteiger partial charge >= 0.3 is 0 Å². The Bertz CT molecular complexity index is 142. The average Bonchev–Trinajstić information content (AvgIpc) is 2.19. The number of nitrogens with two attached hydrogens (primary N) is 1. The van der Waals surface area contributed by atoms with Gasteiger partial charge in [0, 0.05) is 6.61 Å². The highest BCUT2D eigenvalue weighted by atomic mass is 16.3. The summed E-state index contributed by atoms with van der Waals surface area (Å²) in [6, 6.07) is 0. The van der Waals surface area contributed by atoms with Crippen LogP contribution < -0.4 is 5.73 Å². The second kappa shape index (κ2) is 4.94. The minimum absolute atomic E-state index is 0.237. The van der Waals surface area contributed by atoms with Crippen LogP contribution >= 0.6 is 0 Å². The van der Waals surface area contributed by atoms with Gasteiger partial charge in [0.05, 0.1) is 0 Å². The van der Waals surface area contributed by atoms with Crippen molar-refractivity contribution in [1.82, 2.24) is 4.90 Å². The zero-order valence-corrected chi connectivity index (χ0v) is 8.63. The summed E-state index contributed by atoms with van der Waals surface area (Å²) in [7, 11) is 0. The Balaban J connectivity index is 2.42. The molecule has 0 aromatic carbocycles. The third-order valence-corrected chi connectivity index (χ3v) is 3.44. The summed E-state index contributed by atoms with van der Waals surface area (Å²) < 4.78 is 0. The van der Waals surface area contributed by atoms with Crippen molar-refractivity contribution < 1.29 is 5.11 Å². The SMILES string of the molecule is CCN1CCC(CN)(CCO)CC1. The van der Waals surface area contributed by atoms with Crippen LogP contribution in [0.2, 0.25) is 0 Å². The van der Waals surface area contributed by atoms with E-state index in [1.165, 1.54) is 0 Å². The first kappa shape index (κ1) is 11.0. The lowest BCUT2D eigenvalue weighted by Crippen LogP contribution is -2.44. The Morgan fingerprint density at radius 2 is 2.00 bits per heavy atom. The third-order valence-electron chi connectivity index (χ3n) is 3.44. The molecule has 1 aliphatic rings.